The molecule has 124 valence electrons. The van der Waals surface area contributed by atoms with Crippen LogP contribution in [-0.4, -0.2) is 10.1 Å². The number of aryl methyl sites for hydroxylation is 1. The lowest BCUT2D eigenvalue weighted by molar-refractivity contribution is 0.477. The molecule has 0 amide bonds. The third-order valence-corrected chi connectivity index (χ3v) is 4.80. The molecular formula is C22H18ClNO. The molecule has 0 saturated carbocycles. The normalized spacial score (nSPS) is 11.1. The molecule has 0 saturated heterocycles. The average Bonchev–Trinajstić information content (AvgIpc) is 2.97. The number of aromatic nitrogens is 1. The van der Waals surface area contributed by atoms with Crippen molar-refractivity contribution >= 4 is 22.5 Å². The Labute approximate surface area is 151 Å². The fraction of sp³-hybridized carbons (Fsp3) is 0.0909. The standard InChI is InChI=1S/C22H18ClNO/c1-14-11-18(22(25)19(23)12-14)21-17(13-15-7-3-2-4-8-15)16-9-5-6-10-20(16)24-21/h2-12,24-25H,13H2,1H3. The molecule has 0 atom stereocenters. The zero-order valence-electron chi connectivity index (χ0n) is 13.9. The van der Waals surface area contributed by atoms with E-state index in [0.717, 1.165) is 28.8 Å². The van der Waals surface area contributed by atoms with Crippen LogP contribution in [0.15, 0.2) is 66.7 Å². The largest absolute Gasteiger partial charge is 0.506 e. The minimum absolute atomic E-state index is 0.119. The van der Waals surface area contributed by atoms with Crippen molar-refractivity contribution in [3.63, 3.8) is 0 Å². The first-order chi connectivity index (χ1) is 12.1. The SMILES string of the molecule is Cc1cc(Cl)c(O)c(-c2[nH]c3ccccc3c2Cc2ccccc2)c1. The van der Waals surface area contributed by atoms with Crippen LogP contribution in [0.5, 0.6) is 5.75 Å². The second kappa shape index (κ2) is 6.30. The van der Waals surface area contributed by atoms with Crippen molar-refractivity contribution in [2.24, 2.45) is 0 Å². The van der Waals surface area contributed by atoms with Gasteiger partial charge in [-0.2, -0.15) is 0 Å². The molecular weight excluding hydrogens is 330 g/mol. The highest BCUT2D eigenvalue weighted by molar-refractivity contribution is 6.32. The summed E-state index contributed by atoms with van der Waals surface area (Å²) >= 11 is 6.22. The summed E-state index contributed by atoms with van der Waals surface area (Å²) in [6.45, 7) is 1.98. The van der Waals surface area contributed by atoms with Crippen LogP contribution >= 0.6 is 11.6 Å². The van der Waals surface area contributed by atoms with Gasteiger partial charge in [-0.05, 0) is 41.8 Å². The van der Waals surface area contributed by atoms with E-state index >= 15 is 0 Å². The number of halogens is 1. The summed E-state index contributed by atoms with van der Waals surface area (Å²) in [6.07, 6.45) is 0.783. The number of phenols is 1. The first-order valence-corrected chi connectivity index (χ1v) is 8.64. The van der Waals surface area contributed by atoms with Gasteiger partial charge in [-0.15, -0.1) is 0 Å². The smallest absolute Gasteiger partial charge is 0.143 e. The van der Waals surface area contributed by atoms with E-state index in [-0.39, 0.29) is 5.75 Å². The van der Waals surface area contributed by atoms with Gasteiger partial charge >= 0.3 is 0 Å². The first-order valence-electron chi connectivity index (χ1n) is 8.26. The Balaban J connectivity index is 1.97. The Kier molecular flexibility index (Phi) is 3.98. The number of rotatable bonds is 3. The minimum atomic E-state index is 0.119. The van der Waals surface area contributed by atoms with Crippen LogP contribution in [0.3, 0.4) is 0 Å². The van der Waals surface area contributed by atoms with Gasteiger partial charge in [0.1, 0.15) is 5.75 Å². The van der Waals surface area contributed by atoms with Crippen LogP contribution in [0.25, 0.3) is 22.2 Å². The first kappa shape index (κ1) is 15.8. The number of para-hydroxylation sites is 1. The average molecular weight is 348 g/mol. The van der Waals surface area contributed by atoms with Crippen LogP contribution in [-0.2, 0) is 6.42 Å². The molecule has 0 bridgehead atoms. The van der Waals surface area contributed by atoms with E-state index < -0.39 is 0 Å². The van der Waals surface area contributed by atoms with Gasteiger partial charge in [0.15, 0.2) is 0 Å². The molecule has 0 radical (unpaired) electrons. The van der Waals surface area contributed by atoms with Crippen LogP contribution in [0.4, 0.5) is 0 Å². The zero-order chi connectivity index (χ0) is 17.4. The van der Waals surface area contributed by atoms with Crippen molar-refractivity contribution in [3.05, 3.63) is 88.4 Å². The second-order valence-corrected chi connectivity index (χ2v) is 6.74. The van der Waals surface area contributed by atoms with Crippen molar-refractivity contribution in [2.45, 2.75) is 13.3 Å². The van der Waals surface area contributed by atoms with Gasteiger partial charge in [0.2, 0.25) is 0 Å². The highest BCUT2D eigenvalue weighted by Crippen LogP contribution is 2.40. The van der Waals surface area contributed by atoms with Crippen molar-refractivity contribution in [3.8, 4) is 17.0 Å². The van der Waals surface area contributed by atoms with E-state index in [1.54, 1.807) is 6.07 Å². The molecule has 0 unspecified atom stereocenters. The summed E-state index contributed by atoms with van der Waals surface area (Å²) in [5, 5.41) is 12.1. The maximum Gasteiger partial charge on any atom is 0.143 e. The van der Waals surface area contributed by atoms with Crippen molar-refractivity contribution in [1.29, 1.82) is 0 Å². The predicted octanol–water partition coefficient (Wildman–Crippen LogP) is 6.09. The number of hydrogen-bond donors (Lipinski definition) is 2. The molecule has 0 aliphatic rings. The molecule has 2 nitrogen and oxygen atoms in total. The van der Waals surface area contributed by atoms with Gasteiger partial charge in [0.05, 0.1) is 10.7 Å². The monoisotopic (exact) mass is 347 g/mol. The summed E-state index contributed by atoms with van der Waals surface area (Å²) in [5.74, 6) is 0.119. The molecule has 1 aromatic heterocycles. The molecule has 4 aromatic rings. The molecule has 25 heavy (non-hydrogen) atoms. The van der Waals surface area contributed by atoms with E-state index in [1.165, 1.54) is 16.5 Å². The van der Waals surface area contributed by atoms with Gasteiger partial charge in [-0.25, -0.2) is 0 Å². The van der Waals surface area contributed by atoms with E-state index in [1.807, 2.05) is 43.3 Å². The lowest BCUT2D eigenvalue weighted by Gasteiger charge is -2.10. The summed E-state index contributed by atoms with van der Waals surface area (Å²) in [5.41, 5.74) is 6.13. The molecule has 4 rings (SSSR count). The Morgan fingerprint density at radius 2 is 1.68 bits per heavy atom. The summed E-state index contributed by atoms with van der Waals surface area (Å²) in [4.78, 5) is 3.48. The Morgan fingerprint density at radius 3 is 2.48 bits per heavy atom. The van der Waals surface area contributed by atoms with Crippen molar-refractivity contribution in [1.82, 2.24) is 4.98 Å². The number of phenolic OH excluding ortho intramolecular Hbond substituents is 1. The minimum Gasteiger partial charge on any atom is -0.506 e. The van der Waals surface area contributed by atoms with Crippen LogP contribution in [0, 0.1) is 6.92 Å². The molecule has 0 aliphatic heterocycles. The number of aromatic amines is 1. The van der Waals surface area contributed by atoms with E-state index in [0.29, 0.717) is 5.02 Å². The zero-order valence-corrected chi connectivity index (χ0v) is 14.6. The number of benzene rings is 3. The van der Waals surface area contributed by atoms with Crippen LogP contribution in [0.1, 0.15) is 16.7 Å². The maximum absolute atomic E-state index is 10.5. The number of H-pyrrole nitrogens is 1. The highest BCUT2D eigenvalue weighted by Gasteiger charge is 2.18. The Morgan fingerprint density at radius 1 is 0.960 bits per heavy atom. The molecule has 1 heterocycles. The third kappa shape index (κ3) is 2.90. The lowest BCUT2D eigenvalue weighted by Crippen LogP contribution is -1.92. The number of aromatic hydroxyl groups is 1. The van der Waals surface area contributed by atoms with E-state index in [4.69, 9.17) is 11.6 Å². The topological polar surface area (TPSA) is 36.0 Å². The maximum atomic E-state index is 10.5. The quantitative estimate of drug-likeness (QED) is 0.462. The van der Waals surface area contributed by atoms with E-state index in [9.17, 15) is 5.11 Å². The predicted molar refractivity (Wildman–Crippen MR) is 104 cm³/mol. The number of nitrogens with one attached hydrogen (secondary N) is 1. The fourth-order valence-corrected chi connectivity index (χ4v) is 3.61. The van der Waals surface area contributed by atoms with Gasteiger partial charge in [-0.1, -0.05) is 60.1 Å². The number of fused-ring (bicyclic) bond motifs is 1. The molecule has 2 N–H and O–H groups in total. The van der Waals surface area contributed by atoms with Crippen molar-refractivity contribution in [2.75, 3.05) is 0 Å². The molecule has 3 heteroatoms. The van der Waals surface area contributed by atoms with Crippen LogP contribution in [0.2, 0.25) is 5.02 Å². The van der Waals surface area contributed by atoms with Gasteiger partial charge < -0.3 is 10.1 Å². The number of hydrogen-bond acceptors (Lipinski definition) is 1. The third-order valence-electron chi connectivity index (χ3n) is 4.51. The highest BCUT2D eigenvalue weighted by atomic mass is 35.5. The van der Waals surface area contributed by atoms with Gasteiger partial charge in [0, 0.05) is 22.9 Å². The fourth-order valence-electron chi connectivity index (χ4n) is 3.34. The van der Waals surface area contributed by atoms with Crippen molar-refractivity contribution < 1.29 is 5.11 Å². The van der Waals surface area contributed by atoms with E-state index in [2.05, 4.69) is 29.2 Å². The second-order valence-electron chi connectivity index (χ2n) is 6.33. The van der Waals surface area contributed by atoms with Gasteiger partial charge in [-0.3, -0.25) is 0 Å². The molecule has 0 aliphatic carbocycles. The molecule has 0 fully saturated rings. The Bertz CT molecular complexity index is 1050. The molecule has 3 aromatic carbocycles. The lowest BCUT2D eigenvalue weighted by atomic mass is 9.97. The van der Waals surface area contributed by atoms with Gasteiger partial charge in [0.25, 0.3) is 0 Å². The molecule has 0 spiro atoms. The summed E-state index contributed by atoms with van der Waals surface area (Å²) in [7, 11) is 0. The summed E-state index contributed by atoms with van der Waals surface area (Å²) in [6, 6.07) is 22.3. The Hall–Kier alpha value is -2.71. The summed E-state index contributed by atoms with van der Waals surface area (Å²) < 4.78 is 0. The van der Waals surface area contributed by atoms with Crippen LogP contribution < -0.4 is 0 Å².